The van der Waals surface area contributed by atoms with Crippen LogP contribution in [0.5, 0.6) is 0 Å². The van der Waals surface area contributed by atoms with Gasteiger partial charge in [0.25, 0.3) is 5.91 Å². The number of hydrogen-bond donors (Lipinski definition) is 5. The van der Waals surface area contributed by atoms with E-state index < -0.39 is 78.2 Å². The van der Waals surface area contributed by atoms with Gasteiger partial charge in [0.1, 0.15) is 24.7 Å². The van der Waals surface area contributed by atoms with Crippen LogP contribution in [0.1, 0.15) is 90.2 Å². The number of methoxy groups -OCH3 is 1. The largest absolute Gasteiger partial charge is 0.468 e. The second-order valence-corrected chi connectivity index (χ2v) is 18.4. The Morgan fingerprint density at radius 3 is 2.24 bits per heavy atom. The fraction of sp³-hybridized carbons (Fsp3) is 0.392. The molecule has 21 nitrogen and oxygen atoms in total. The summed E-state index contributed by atoms with van der Waals surface area (Å²) in [6.45, 7) is 1.22. The molecule has 5 amide bonds. The van der Waals surface area contributed by atoms with Gasteiger partial charge in [-0.05, 0) is 85.9 Å². The number of likely N-dealkylation sites (tertiary alicyclic amines) is 1. The Balaban J connectivity index is 0.807. The lowest BCUT2D eigenvalue weighted by Gasteiger charge is -2.32. The minimum absolute atomic E-state index is 0.0393. The highest BCUT2D eigenvalue weighted by Gasteiger charge is 2.38. The first-order chi connectivity index (χ1) is 36.5. The minimum Gasteiger partial charge on any atom is -0.468 e. The smallest absolute Gasteiger partial charge is 0.435 e. The Morgan fingerprint density at radius 1 is 0.789 bits per heavy atom. The molecule has 0 unspecified atom stereocenters. The van der Waals surface area contributed by atoms with Crippen LogP contribution in [-0.2, 0) is 41.4 Å². The molecule has 0 radical (unpaired) electrons. The number of primary amides is 1. The van der Waals surface area contributed by atoms with Gasteiger partial charge in [0.15, 0.2) is 17.2 Å². The lowest BCUT2D eigenvalue weighted by atomic mass is 9.89. The summed E-state index contributed by atoms with van der Waals surface area (Å²) in [5, 5.41) is 17.7. The van der Waals surface area contributed by atoms with Gasteiger partial charge >= 0.3 is 12.1 Å². The number of ether oxygens (including phenoxy) is 1. The number of anilines is 3. The average molecular weight is 1050 g/mol. The van der Waals surface area contributed by atoms with Crippen molar-refractivity contribution >= 4 is 80.5 Å². The molecule has 6 aromatic rings. The molecule has 2 fully saturated rings. The fourth-order valence-corrected chi connectivity index (χ4v) is 9.30. The highest BCUT2D eigenvalue weighted by atomic mass is 19.4. The number of nitrogens with two attached hydrogens (primary N) is 1. The summed E-state index contributed by atoms with van der Waals surface area (Å²) >= 11 is 0. The number of piperidine rings is 2. The van der Waals surface area contributed by atoms with Gasteiger partial charge in [-0.15, -0.1) is 0 Å². The highest BCUT2D eigenvalue weighted by Crippen LogP contribution is 2.41. The van der Waals surface area contributed by atoms with Crippen LogP contribution in [0.25, 0.3) is 32.9 Å². The van der Waals surface area contributed by atoms with Crippen molar-refractivity contribution in [3.63, 3.8) is 0 Å². The number of carbonyl (C=O) groups excluding carboxylic acids is 7. The second kappa shape index (κ2) is 23.8. The minimum atomic E-state index is -5.06. The second-order valence-electron chi connectivity index (χ2n) is 18.4. The number of hydrogen-bond acceptors (Lipinski definition) is 14. The van der Waals surface area contributed by atoms with Gasteiger partial charge in [0, 0.05) is 74.0 Å². The Kier molecular flexibility index (Phi) is 16.8. The summed E-state index contributed by atoms with van der Waals surface area (Å²) in [6, 6.07) is 13.9. The molecule has 8 rings (SSSR count). The fourth-order valence-electron chi connectivity index (χ4n) is 9.30. The maximum absolute atomic E-state index is 15.8. The van der Waals surface area contributed by atoms with Gasteiger partial charge in [-0.2, -0.15) is 23.4 Å². The first-order valence-electron chi connectivity index (χ1n) is 24.7. The maximum atomic E-state index is 15.8. The van der Waals surface area contributed by atoms with Crippen molar-refractivity contribution in [2.24, 2.45) is 5.73 Å². The first kappa shape index (κ1) is 53.8. The molecule has 6 N–H and O–H groups in total. The van der Waals surface area contributed by atoms with Gasteiger partial charge in [-0.1, -0.05) is 24.3 Å². The quantitative estimate of drug-likeness (QED) is 0.0408. The van der Waals surface area contributed by atoms with E-state index in [0.717, 1.165) is 79.0 Å². The predicted octanol–water partition coefficient (Wildman–Crippen LogP) is 4.96. The number of fused-ring (bicyclic) bond motifs is 2. The van der Waals surface area contributed by atoms with Crippen LogP contribution in [0.15, 0.2) is 67.0 Å². The van der Waals surface area contributed by atoms with Crippen molar-refractivity contribution in [3.8, 4) is 11.1 Å². The number of amides is 5. The third kappa shape index (κ3) is 12.9. The van der Waals surface area contributed by atoms with E-state index in [4.69, 9.17) is 5.73 Å². The number of benzene rings is 3. The Hall–Kier alpha value is -8.51. The molecule has 400 valence electrons. The van der Waals surface area contributed by atoms with E-state index in [0.29, 0.717) is 31.1 Å². The maximum Gasteiger partial charge on any atom is 0.435 e. The number of carbonyl (C=O) groups is 7. The molecule has 2 aliphatic rings. The van der Waals surface area contributed by atoms with Crippen LogP contribution in [0.2, 0.25) is 0 Å². The highest BCUT2D eigenvalue weighted by molar-refractivity contribution is 6.01. The summed E-state index contributed by atoms with van der Waals surface area (Å²) < 4.78 is 65.5. The lowest BCUT2D eigenvalue weighted by Crippen LogP contribution is -2.40. The molecule has 0 saturated carbocycles. The molecule has 0 bridgehead atoms. The summed E-state index contributed by atoms with van der Waals surface area (Å²) in [5.41, 5.74) is 5.38. The molecule has 0 aliphatic carbocycles. The third-order valence-electron chi connectivity index (χ3n) is 13.2. The first-order valence-corrected chi connectivity index (χ1v) is 24.7. The zero-order chi connectivity index (χ0) is 54.1. The standard InChI is InChI=1S/C51H55F4N13O8/c1-76-45(74)28-59-41(70)27-58-42(71)29-67-37-8-5-7-34(46(37)48(64-67)51(53,54)55)35-24-38-32(23-36(35)52)25-61-68(38)44(73)15-14-40(69)57-18-6-9-43(72)66-21-16-31(17-22-66)30-10-12-33(13-11-30)62-50-47(49(56)75)60-26-39(63-50)65-19-3-2-4-20-65/h5,7-8,10-13,23-26,31H,2-4,6,9,14-22,27-29H2,1H3,(H2,56,75)(H,57,69)(H,58,71)(H,59,70)(H,62,63). The molecule has 0 atom stereocenters. The van der Waals surface area contributed by atoms with E-state index in [2.05, 4.69) is 51.1 Å². The molecule has 0 spiro atoms. The number of rotatable bonds is 19. The van der Waals surface area contributed by atoms with E-state index >= 15 is 4.39 Å². The number of esters is 1. The molecule has 3 aromatic heterocycles. The van der Waals surface area contributed by atoms with Crippen LogP contribution < -0.4 is 31.9 Å². The molecule has 2 saturated heterocycles. The number of nitrogens with one attached hydrogen (secondary N) is 4. The normalized spacial score (nSPS) is 14.1. The number of aromatic nitrogens is 6. The van der Waals surface area contributed by atoms with E-state index in [9.17, 15) is 46.7 Å². The van der Waals surface area contributed by atoms with E-state index in [1.165, 1.54) is 30.5 Å². The number of halogens is 4. The van der Waals surface area contributed by atoms with Crippen molar-refractivity contribution in [3.05, 3.63) is 89.8 Å². The monoisotopic (exact) mass is 1050 g/mol. The molecule has 76 heavy (non-hydrogen) atoms. The van der Waals surface area contributed by atoms with E-state index in [-0.39, 0.29) is 70.9 Å². The molecular weight excluding hydrogens is 999 g/mol. The van der Waals surface area contributed by atoms with Crippen molar-refractivity contribution in [1.29, 1.82) is 0 Å². The van der Waals surface area contributed by atoms with Crippen molar-refractivity contribution in [2.75, 3.05) is 63.1 Å². The summed E-state index contributed by atoms with van der Waals surface area (Å²) in [7, 11) is 1.11. The van der Waals surface area contributed by atoms with Gasteiger partial charge in [-0.3, -0.25) is 38.2 Å². The zero-order valence-corrected chi connectivity index (χ0v) is 41.4. The Labute approximate surface area is 431 Å². The van der Waals surface area contributed by atoms with Gasteiger partial charge in [0.05, 0.1) is 37.1 Å². The van der Waals surface area contributed by atoms with Crippen LogP contribution in [-0.4, -0.2) is 129 Å². The average Bonchev–Trinajstić information content (AvgIpc) is 4.04. The number of alkyl halides is 3. The van der Waals surface area contributed by atoms with Gasteiger partial charge in [0.2, 0.25) is 29.5 Å². The van der Waals surface area contributed by atoms with E-state index in [1.54, 1.807) is 6.20 Å². The van der Waals surface area contributed by atoms with Crippen molar-refractivity contribution in [1.82, 2.24) is 50.4 Å². The molecule has 5 heterocycles. The predicted molar refractivity (Wildman–Crippen MR) is 268 cm³/mol. The van der Waals surface area contributed by atoms with Gasteiger partial charge < -0.3 is 41.5 Å². The van der Waals surface area contributed by atoms with Crippen molar-refractivity contribution in [2.45, 2.75) is 76.4 Å². The van der Waals surface area contributed by atoms with Crippen LogP contribution >= 0.6 is 0 Å². The Bertz CT molecular complexity index is 3170. The molecule has 25 heteroatoms. The SMILES string of the molecule is COC(=O)CNC(=O)CNC(=O)Cn1nc(C(F)(F)F)c2c(-c3cc4c(cnn4C(=O)CCC(=O)NCCCC(=O)N4CCC(c5ccc(Nc6nc(N7CCCCC7)cnc6C(N)=O)cc5)CC4)cc3F)cccc21. The van der Waals surface area contributed by atoms with Crippen molar-refractivity contribution < 1.29 is 55.9 Å². The van der Waals surface area contributed by atoms with E-state index in [1.807, 2.05) is 29.2 Å². The summed E-state index contributed by atoms with van der Waals surface area (Å²) in [6.07, 6.45) is 2.53. The van der Waals surface area contributed by atoms with Crippen LogP contribution in [0.4, 0.5) is 34.9 Å². The molecular formula is C51H55F4N13O8. The van der Waals surface area contributed by atoms with Crippen LogP contribution in [0.3, 0.4) is 0 Å². The zero-order valence-electron chi connectivity index (χ0n) is 41.4. The van der Waals surface area contributed by atoms with Crippen LogP contribution in [0, 0.1) is 5.82 Å². The number of nitrogens with zero attached hydrogens (tertiary/aromatic N) is 8. The Morgan fingerprint density at radius 2 is 1.53 bits per heavy atom. The summed E-state index contributed by atoms with van der Waals surface area (Å²) in [5.74, 6) is -3.95. The lowest BCUT2D eigenvalue weighted by molar-refractivity contribution is -0.141. The third-order valence-corrected chi connectivity index (χ3v) is 13.2. The molecule has 3 aromatic carbocycles. The summed E-state index contributed by atoms with van der Waals surface area (Å²) in [4.78, 5) is 100. The van der Waals surface area contributed by atoms with Gasteiger partial charge in [-0.25, -0.2) is 19.0 Å². The topological polar surface area (TPSA) is 271 Å². The molecule has 2 aliphatic heterocycles.